The Morgan fingerprint density at radius 1 is 1.17 bits per heavy atom. The second kappa shape index (κ2) is 7.24. The molecular weight excluding hydrogens is 364 g/mol. The van der Waals surface area contributed by atoms with Crippen LogP contribution in [-0.4, -0.2) is 51.9 Å². The standard InChI is InChI=1S/C23H30N4O2/c1-16-9-17(2)11-19(10-16)22(28)26-13-20(23(14-26)5-7-29-8-6-23)21-25-24-15-27(21)12-18-3-4-18/h9-11,15,18,20H,3-8,12-14H2,1-2H3. The predicted molar refractivity (Wildman–Crippen MR) is 110 cm³/mol. The fourth-order valence-electron chi connectivity index (χ4n) is 5.30. The van der Waals surface area contributed by atoms with E-state index in [2.05, 4.69) is 39.6 Å². The van der Waals surface area contributed by atoms with Crippen molar-refractivity contribution >= 4 is 5.91 Å². The van der Waals surface area contributed by atoms with Crippen molar-refractivity contribution in [1.82, 2.24) is 19.7 Å². The van der Waals surface area contributed by atoms with Gasteiger partial charge in [-0.1, -0.05) is 17.2 Å². The molecule has 0 N–H and O–H groups in total. The summed E-state index contributed by atoms with van der Waals surface area (Å²) < 4.78 is 7.95. The number of hydrogen-bond donors (Lipinski definition) is 0. The number of aromatic nitrogens is 3. The number of carbonyl (C=O) groups is 1. The van der Waals surface area contributed by atoms with Crippen LogP contribution in [0.15, 0.2) is 24.5 Å². The van der Waals surface area contributed by atoms with E-state index >= 15 is 0 Å². The third-order valence-corrected chi connectivity index (χ3v) is 7.00. The average Bonchev–Trinajstić information content (AvgIpc) is 3.28. The Morgan fingerprint density at radius 2 is 1.90 bits per heavy atom. The summed E-state index contributed by atoms with van der Waals surface area (Å²) in [4.78, 5) is 15.5. The number of aryl methyl sites for hydroxylation is 2. The number of rotatable bonds is 4. The number of benzene rings is 1. The first kappa shape index (κ1) is 18.8. The van der Waals surface area contributed by atoms with Gasteiger partial charge in [0.15, 0.2) is 0 Å². The minimum Gasteiger partial charge on any atom is -0.381 e. The van der Waals surface area contributed by atoms with E-state index in [1.165, 1.54) is 12.8 Å². The number of nitrogens with zero attached hydrogens (tertiary/aromatic N) is 4. The summed E-state index contributed by atoms with van der Waals surface area (Å²) in [7, 11) is 0. The zero-order valence-corrected chi connectivity index (χ0v) is 17.4. The lowest BCUT2D eigenvalue weighted by molar-refractivity contribution is 0.0107. The third-order valence-electron chi connectivity index (χ3n) is 7.00. The first-order valence-electron chi connectivity index (χ1n) is 10.9. The first-order chi connectivity index (χ1) is 14.0. The second-order valence-corrected chi connectivity index (χ2v) is 9.37. The lowest BCUT2D eigenvalue weighted by Crippen LogP contribution is -2.37. The average molecular weight is 395 g/mol. The van der Waals surface area contributed by atoms with Crippen molar-refractivity contribution < 1.29 is 9.53 Å². The van der Waals surface area contributed by atoms with Gasteiger partial charge in [-0.05, 0) is 57.6 Å². The lowest BCUT2D eigenvalue weighted by atomic mass is 9.71. The van der Waals surface area contributed by atoms with Crippen LogP contribution >= 0.6 is 0 Å². The SMILES string of the molecule is Cc1cc(C)cc(C(=O)N2CC(c3nncn3CC3CC3)C3(CCOCC3)C2)c1. The van der Waals surface area contributed by atoms with E-state index in [-0.39, 0.29) is 17.2 Å². The molecule has 5 rings (SSSR count). The van der Waals surface area contributed by atoms with Crippen LogP contribution in [0.3, 0.4) is 0 Å². The molecule has 1 saturated carbocycles. The molecule has 6 nitrogen and oxygen atoms in total. The first-order valence-corrected chi connectivity index (χ1v) is 10.9. The molecule has 1 unspecified atom stereocenters. The molecule has 1 aliphatic carbocycles. The Kier molecular flexibility index (Phi) is 4.69. The van der Waals surface area contributed by atoms with Gasteiger partial charge < -0.3 is 14.2 Å². The van der Waals surface area contributed by atoms with E-state index in [1.54, 1.807) is 0 Å². The van der Waals surface area contributed by atoms with Gasteiger partial charge in [-0.2, -0.15) is 0 Å². The van der Waals surface area contributed by atoms with E-state index in [0.29, 0.717) is 0 Å². The molecule has 154 valence electrons. The van der Waals surface area contributed by atoms with Crippen molar-refractivity contribution in [3.8, 4) is 0 Å². The van der Waals surface area contributed by atoms with Gasteiger partial charge in [0.1, 0.15) is 12.2 Å². The maximum absolute atomic E-state index is 13.4. The quantitative estimate of drug-likeness (QED) is 0.798. The minimum absolute atomic E-state index is 0.0428. The van der Waals surface area contributed by atoms with Gasteiger partial charge in [0.05, 0.1) is 0 Å². The molecule has 1 aromatic carbocycles. The molecule has 2 aliphatic heterocycles. The van der Waals surface area contributed by atoms with Gasteiger partial charge in [-0.15, -0.1) is 10.2 Å². The number of amides is 1. The van der Waals surface area contributed by atoms with Gasteiger partial charge in [0, 0.05) is 49.7 Å². The lowest BCUT2D eigenvalue weighted by Gasteiger charge is -2.37. The normalized spacial score (nSPS) is 23.7. The van der Waals surface area contributed by atoms with Crippen LogP contribution in [0.4, 0.5) is 0 Å². The molecule has 3 fully saturated rings. The summed E-state index contributed by atoms with van der Waals surface area (Å²) in [6.45, 7) is 8.14. The number of likely N-dealkylation sites (tertiary alicyclic amines) is 1. The van der Waals surface area contributed by atoms with E-state index in [9.17, 15) is 4.79 Å². The van der Waals surface area contributed by atoms with E-state index in [4.69, 9.17) is 4.74 Å². The zero-order valence-electron chi connectivity index (χ0n) is 17.4. The molecule has 1 amide bonds. The zero-order chi connectivity index (χ0) is 20.0. The fraction of sp³-hybridized carbons (Fsp3) is 0.609. The second-order valence-electron chi connectivity index (χ2n) is 9.37. The van der Waals surface area contributed by atoms with Crippen LogP contribution in [0.5, 0.6) is 0 Å². The Hall–Kier alpha value is -2.21. The summed E-state index contributed by atoms with van der Waals surface area (Å²) in [6.07, 6.45) is 6.45. The van der Waals surface area contributed by atoms with Crippen LogP contribution in [0.2, 0.25) is 0 Å². The molecule has 2 saturated heterocycles. The molecule has 1 spiro atoms. The van der Waals surface area contributed by atoms with Crippen LogP contribution in [-0.2, 0) is 11.3 Å². The molecular formula is C23H30N4O2. The molecule has 2 aromatic rings. The highest BCUT2D eigenvalue weighted by Gasteiger charge is 2.51. The smallest absolute Gasteiger partial charge is 0.253 e. The molecule has 1 atom stereocenters. The molecule has 3 aliphatic rings. The number of carbonyl (C=O) groups excluding carboxylic acids is 1. The van der Waals surface area contributed by atoms with Crippen molar-refractivity contribution in [1.29, 1.82) is 0 Å². The maximum atomic E-state index is 13.4. The van der Waals surface area contributed by atoms with E-state index in [0.717, 1.165) is 74.1 Å². The van der Waals surface area contributed by atoms with Crippen molar-refractivity contribution in [3.05, 3.63) is 47.0 Å². The van der Waals surface area contributed by atoms with Crippen LogP contribution < -0.4 is 0 Å². The van der Waals surface area contributed by atoms with Crippen LogP contribution in [0.1, 0.15) is 58.9 Å². The van der Waals surface area contributed by atoms with Gasteiger partial charge >= 0.3 is 0 Å². The summed E-state index contributed by atoms with van der Waals surface area (Å²) in [5.74, 6) is 2.19. The van der Waals surface area contributed by atoms with Crippen molar-refractivity contribution in [2.75, 3.05) is 26.3 Å². The van der Waals surface area contributed by atoms with Crippen molar-refractivity contribution in [2.24, 2.45) is 11.3 Å². The minimum atomic E-state index is 0.0428. The fourth-order valence-corrected chi connectivity index (χ4v) is 5.30. The number of hydrogen-bond acceptors (Lipinski definition) is 4. The van der Waals surface area contributed by atoms with Crippen LogP contribution in [0, 0.1) is 25.2 Å². The highest BCUT2D eigenvalue weighted by Crippen LogP contribution is 2.49. The van der Waals surface area contributed by atoms with Gasteiger partial charge in [-0.3, -0.25) is 4.79 Å². The van der Waals surface area contributed by atoms with Crippen molar-refractivity contribution in [3.63, 3.8) is 0 Å². The molecule has 3 heterocycles. The van der Waals surface area contributed by atoms with E-state index in [1.807, 2.05) is 18.5 Å². The maximum Gasteiger partial charge on any atom is 0.253 e. The van der Waals surface area contributed by atoms with Crippen molar-refractivity contribution in [2.45, 2.75) is 52.0 Å². The summed E-state index contributed by atoms with van der Waals surface area (Å²) in [6, 6.07) is 6.13. The summed E-state index contributed by atoms with van der Waals surface area (Å²) in [5, 5.41) is 8.81. The van der Waals surface area contributed by atoms with Gasteiger partial charge in [0.2, 0.25) is 0 Å². The highest BCUT2D eigenvalue weighted by molar-refractivity contribution is 5.95. The van der Waals surface area contributed by atoms with Gasteiger partial charge in [-0.25, -0.2) is 0 Å². The summed E-state index contributed by atoms with van der Waals surface area (Å²) >= 11 is 0. The number of ether oxygens (including phenoxy) is 1. The Bertz CT molecular complexity index is 891. The Labute approximate surface area is 172 Å². The molecule has 6 heteroatoms. The Balaban J connectivity index is 1.46. The third kappa shape index (κ3) is 3.59. The molecule has 0 radical (unpaired) electrons. The topological polar surface area (TPSA) is 60.2 Å². The summed E-state index contributed by atoms with van der Waals surface area (Å²) in [5.41, 5.74) is 3.11. The largest absolute Gasteiger partial charge is 0.381 e. The molecule has 29 heavy (non-hydrogen) atoms. The molecule has 1 aromatic heterocycles. The Morgan fingerprint density at radius 3 is 2.59 bits per heavy atom. The predicted octanol–water partition coefficient (Wildman–Crippen LogP) is 3.34. The van der Waals surface area contributed by atoms with E-state index < -0.39 is 0 Å². The monoisotopic (exact) mass is 394 g/mol. The molecule has 0 bridgehead atoms. The highest BCUT2D eigenvalue weighted by atomic mass is 16.5. The van der Waals surface area contributed by atoms with Gasteiger partial charge in [0.25, 0.3) is 5.91 Å². The van der Waals surface area contributed by atoms with Crippen LogP contribution in [0.25, 0.3) is 0 Å².